The monoisotopic (exact) mass is 294 g/mol. The number of nitrogens with zero attached hydrogens (tertiary/aromatic N) is 1. The molecular weight excluding hydrogens is 266 g/mol. The van der Waals surface area contributed by atoms with Crippen molar-refractivity contribution in [1.82, 2.24) is 0 Å². The molecule has 1 nitrogen and oxygen atoms in total. The van der Waals surface area contributed by atoms with Crippen LogP contribution < -0.4 is 4.57 Å². The first kappa shape index (κ1) is 15.3. The first-order chi connectivity index (χ1) is 10.5. The molecule has 0 saturated heterocycles. The van der Waals surface area contributed by atoms with Crippen LogP contribution in [0.1, 0.15) is 48.9 Å². The Balaban J connectivity index is 2.06. The Morgan fingerprint density at radius 2 is 1.73 bits per heavy atom. The molecule has 116 valence electrons. The second-order valence-corrected chi connectivity index (χ2v) is 7.27. The lowest BCUT2D eigenvalue weighted by Crippen LogP contribution is -2.31. The van der Waals surface area contributed by atoms with Gasteiger partial charge in [-0.05, 0) is 73.3 Å². The molecule has 2 aromatic rings. The predicted octanol–water partition coefficient (Wildman–Crippen LogP) is 4.56. The Hall–Kier alpha value is -1.63. The summed E-state index contributed by atoms with van der Waals surface area (Å²) in [6.07, 6.45) is 8.57. The number of benzene rings is 1. The minimum Gasteiger partial charge on any atom is -0.201 e. The molecule has 0 radical (unpaired) electrons. The Morgan fingerprint density at radius 3 is 2.41 bits per heavy atom. The van der Waals surface area contributed by atoms with E-state index >= 15 is 0 Å². The van der Waals surface area contributed by atoms with Crippen molar-refractivity contribution in [3.05, 3.63) is 52.7 Å². The van der Waals surface area contributed by atoms with Crippen LogP contribution in [0.3, 0.4) is 0 Å². The molecule has 0 spiro atoms. The van der Waals surface area contributed by atoms with Crippen molar-refractivity contribution in [3.63, 3.8) is 0 Å². The minimum absolute atomic E-state index is 0.699. The maximum absolute atomic E-state index is 2.46. The zero-order valence-corrected chi connectivity index (χ0v) is 14.4. The summed E-state index contributed by atoms with van der Waals surface area (Å²) in [4.78, 5) is 0. The highest BCUT2D eigenvalue weighted by atomic mass is 14.9. The van der Waals surface area contributed by atoms with Crippen molar-refractivity contribution >= 4 is 0 Å². The minimum atomic E-state index is 0.699. The smallest absolute Gasteiger partial charge is 0.201 e. The largest absolute Gasteiger partial charge is 0.212 e. The Labute approximate surface area is 135 Å². The highest BCUT2D eigenvalue weighted by Crippen LogP contribution is 2.29. The average Bonchev–Trinajstić information content (AvgIpc) is 2.48. The van der Waals surface area contributed by atoms with E-state index < -0.39 is 0 Å². The van der Waals surface area contributed by atoms with Crippen LogP contribution in [-0.4, -0.2) is 0 Å². The fourth-order valence-electron chi connectivity index (χ4n) is 3.66. The van der Waals surface area contributed by atoms with Crippen LogP contribution in [0, 0.1) is 12.8 Å². The third-order valence-electron chi connectivity index (χ3n) is 4.82. The number of aromatic nitrogens is 1. The van der Waals surface area contributed by atoms with Crippen molar-refractivity contribution in [3.8, 4) is 11.3 Å². The molecule has 0 amide bonds. The first-order valence-corrected chi connectivity index (χ1v) is 8.66. The second kappa shape index (κ2) is 6.24. The van der Waals surface area contributed by atoms with E-state index in [2.05, 4.69) is 62.8 Å². The van der Waals surface area contributed by atoms with Gasteiger partial charge in [-0.1, -0.05) is 19.9 Å². The molecule has 1 aromatic heterocycles. The summed E-state index contributed by atoms with van der Waals surface area (Å²) in [5.41, 5.74) is 8.77. The Morgan fingerprint density at radius 1 is 1.05 bits per heavy atom. The quantitative estimate of drug-likeness (QED) is 0.730. The van der Waals surface area contributed by atoms with E-state index in [0.29, 0.717) is 5.92 Å². The van der Waals surface area contributed by atoms with Crippen molar-refractivity contribution in [1.29, 1.82) is 0 Å². The average molecular weight is 294 g/mol. The molecule has 1 heteroatoms. The van der Waals surface area contributed by atoms with Crippen LogP contribution in [0.15, 0.2) is 30.5 Å². The van der Waals surface area contributed by atoms with E-state index in [1.54, 1.807) is 11.1 Å². The summed E-state index contributed by atoms with van der Waals surface area (Å²) in [7, 11) is 2.16. The van der Waals surface area contributed by atoms with Crippen LogP contribution in [-0.2, 0) is 26.3 Å². The van der Waals surface area contributed by atoms with Gasteiger partial charge in [-0.25, -0.2) is 4.57 Å². The normalized spacial score (nSPS) is 14.2. The number of rotatable bonds is 3. The second-order valence-electron chi connectivity index (χ2n) is 7.27. The third-order valence-corrected chi connectivity index (χ3v) is 4.82. The summed E-state index contributed by atoms with van der Waals surface area (Å²) in [5.74, 6) is 0.699. The van der Waals surface area contributed by atoms with Gasteiger partial charge < -0.3 is 0 Å². The molecule has 0 N–H and O–H groups in total. The highest BCUT2D eigenvalue weighted by molar-refractivity contribution is 5.64. The van der Waals surface area contributed by atoms with E-state index in [0.717, 1.165) is 6.42 Å². The van der Waals surface area contributed by atoms with Crippen LogP contribution >= 0.6 is 0 Å². The van der Waals surface area contributed by atoms with Gasteiger partial charge in [-0.3, -0.25) is 0 Å². The van der Waals surface area contributed by atoms with E-state index in [1.165, 1.54) is 48.1 Å². The number of hydrogen-bond acceptors (Lipinski definition) is 0. The molecule has 1 aliphatic carbocycles. The lowest BCUT2D eigenvalue weighted by Gasteiger charge is -2.18. The number of pyridine rings is 1. The zero-order chi connectivity index (χ0) is 15.7. The number of hydrogen-bond donors (Lipinski definition) is 0. The molecule has 0 fully saturated rings. The summed E-state index contributed by atoms with van der Waals surface area (Å²) >= 11 is 0. The molecule has 1 heterocycles. The maximum atomic E-state index is 2.46. The van der Waals surface area contributed by atoms with Crippen molar-refractivity contribution in [2.45, 2.75) is 52.9 Å². The van der Waals surface area contributed by atoms with Gasteiger partial charge in [0.25, 0.3) is 0 Å². The maximum Gasteiger partial charge on any atom is 0.212 e. The lowest BCUT2D eigenvalue weighted by molar-refractivity contribution is -0.660. The van der Waals surface area contributed by atoms with Crippen LogP contribution in [0.2, 0.25) is 0 Å². The molecule has 1 aliphatic rings. The zero-order valence-electron chi connectivity index (χ0n) is 14.4. The fraction of sp³-hybridized carbons (Fsp3) is 0.476. The lowest BCUT2D eigenvalue weighted by atomic mass is 9.87. The van der Waals surface area contributed by atoms with E-state index in [1.807, 2.05) is 0 Å². The van der Waals surface area contributed by atoms with Crippen LogP contribution in [0.4, 0.5) is 0 Å². The SMILES string of the molecule is Cc1cc2c(cc1-c1cc(CC(C)C)cc[n+]1C)CCCC2. The van der Waals surface area contributed by atoms with E-state index in [-0.39, 0.29) is 0 Å². The van der Waals surface area contributed by atoms with Crippen LogP contribution in [0.25, 0.3) is 11.3 Å². The van der Waals surface area contributed by atoms with Gasteiger partial charge in [0.2, 0.25) is 5.69 Å². The summed E-state index contributed by atoms with van der Waals surface area (Å²) < 4.78 is 2.27. The molecule has 3 rings (SSSR count). The van der Waals surface area contributed by atoms with Gasteiger partial charge >= 0.3 is 0 Å². The molecular formula is C21H28N+. The van der Waals surface area contributed by atoms with Gasteiger partial charge in [-0.2, -0.15) is 0 Å². The molecule has 0 saturated carbocycles. The summed E-state index contributed by atoms with van der Waals surface area (Å²) in [6.45, 7) is 6.84. The molecule has 0 unspecified atom stereocenters. The molecule has 0 atom stereocenters. The Bertz CT molecular complexity index is 683. The topological polar surface area (TPSA) is 3.88 Å². The third kappa shape index (κ3) is 3.09. The molecule has 1 aromatic carbocycles. The molecule has 22 heavy (non-hydrogen) atoms. The molecule has 0 bridgehead atoms. The number of fused-ring (bicyclic) bond motifs is 1. The Kier molecular flexibility index (Phi) is 4.33. The van der Waals surface area contributed by atoms with Gasteiger partial charge in [0.15, 0.2) is 6.20 Å². The number of aryl methyl sites for hydroxylation is 4. The molecule has 0 aliphatic heterocycles. The van der Waals surface area contributed by atoms with Gasteiger partial charge in [0.05, 0.1) is 0 Å². The fourth-order valence-corrected chi connectivity index (χ4v) is 3.66. The summed E-state index contributed by atoms with van der Waals surface area (Å²) in [6, 6.07) is 9.53. The van der Waals surface area contributed by atoms with Gasteiger partial charge in [-0.15, -0.1) is 0 Å². The van der Waals surface area contributed by atoms with Crippen molar-refractivity contribution < 1.29 is 4.57 Å². The summed E-state index contributed by atoms with van der Waals surface area (Å²) in [5, 5.41) is 0. The van der Waals surface area contributed by atoms with Gasteiger partial charge in [0.1, 0.15) is 7.05 Å². The van der Waals surface area contributed by atoms with Crippen molar-refractivity contribution in [2.75, 3.05) is 0 Å². The van der Waals surface area contributed by atoms with E-state index in [9.17, 15) is 0 Å². The standard InChI is InChI=1S/C21H28N/c1-15(2)11-17-9-10-22(4)21(13-17)20-14-19-8-6-5-7-18(19)12-16(20)3/h9-10,12-15H,5-8,11H2,1-4H3/q+1. The highest BCUT2D eigenvalue weighted by Gasteiger charge is 2.18. The van der Waals surface area contributed by atoms with Crippen LogP contribution in [0.5, 0.6) is 0 Å². The van der Waals surface area contributed by atoms with Gasteiger partial charge in [0, 0.05) is 17.7 Å². The first-order valence-electron chi connectivity index (χ1n) is 8.66. The van der Waals surface area contributed by atoms with E-state index in [4.69, 9.17) is 0 Å². The van der Waals surface area contributed by atoms with Crippen molar-refractivity contribution in [2.24, 2.45) is 13.0 Å². The predicted molar refractivity (Wildman–Crippen MR) is 93.0 cm³/mol.